The summed E-state index contributed by atoms with van der Waals surface area (Å²) in [6.07, 6.45) is -8.05. The van der Waals surface area contributed by atoms with Gasteiger partial charge in [-0.3, -0.25) is 0 Å². The normalized spacial score (nSPS) is 20.1. The Balaban J connectivity index is 1.95. The predicted molar refractivity (Wildman–Crippen MR) is 98.9 cm³/mol. The minimum atomic E-state index is -5.94. The summed E-state index contributed by atoms with van der Waals surface area (Å²) in [5, 5.41) is 17.4. The molecular weight excluding hydrogens is 467 g/mol. The summed E-state index contributed by atoms with van der Waals surface area (Å²) in [4.78, 5) is 6.91. The minimum absolute atomic E-state index is 0.0278. The van der Waals surface area contributed by atoms with Gasteiger partial charge in [-0.2, -0.15) is 26.9 Å². The van der Waals surface area contributed by atoms with Crippen molar-refractivity contribution in [1.29, 1.82) is 0 Å². The van der Waals surface area contributed by atoms with Crippen LogP contribution in [-0.2, 0) is 20.7 Å². The third-order valence-corrected chi connectivity index (χ3v) is 5.34. The fourth-order valence-electron chi connectivity index (χ4n) is 2.73. The van der Waals surface area contributed by atoms with Gasteiger partial charge < -0.3 is 19.9 Å². The zero-order chi connectivity index (χ0) is 23.7. The van der Waals surface area contributed by atoms with E-state index in [0.717, 1.165) is 12.1 Å². The van der Waals surface area contributed by atoms with Crippen LogP contribution in [0.15, 0.2) is 35.4 Å². The second-order valence-corrected chi connectivity index (χ2v) is 8.33. The second kappa shape index (κ2) is 8.73. The van der Waals surface area contributed by atoms with Crippen molar-refractivity contribution in [3.63, 3.8) is 0 Å². The highest BCUT2D eigenvalue weighted by molar-refractivity contribution is 7.89. The van der Waals surface area contributed by atoms with Crippen LogP contribution in [0.5, 0.6) is 5.88 Å². The number of aromatic nitrogens is 2. The molecule has 1 aromatic heterocycles. The molecule has 9 nitrogen and oxygen atoms in total. The molecule has 1 aliphatic heterocycles. The summed E-state index contributed by atoms with van der Waals surface area (Å²) in [6, 6.07) is 4.79. The number of primary sulfonamides is 1. The number of aliphatic hydroxyl groups excluding tert-OH is 1. The molecule has 3 rings (SSSR count). The zero-order valence-corrected chi connectivity index (χ0v) is 16.8. The predicted octanol–water partition coefficient (Wildman–Crippen LogP) is 2.05. The highest BCUT2D eigenvalue weighted by atomic mass is 32.2. The Morgan fingerprint density at radius 1 is 1.19 bits per heavy atom. The lowest BCUT2D eigenvalue weighted by Crippen LogP contribution is -2.42. The van der Waals surface area contributed by atoms with Crippen LogP contribution >= 0.6 is 0 Å². The van der Waals surface area contributed by atoms with E-state index >= 15 is 0 Å². The molecule has 1 aliphatic rings. The van der Waals surface area contributed by atoms with Gasteiger partial charge >= 0.3 is 12.1 Å². The molecule has 1 saturated heterocycles. The number of halogens is 5. The smallest absolute Gasteiger partial charge is 0.458 e. The summed E-state index contributed by atoms with van der Waals surface area (Å²) >= 11 is 0. The van der Waals surface area contributed by atoms with Crippen molar-refractivity contribution < 1.29 is 45.0 Å². The minimum Gasteiger partial charge on any atom is -0.471 e. The number of nitrogens with two attached hydrogens (primary N) is 1. The van der Waals surface area contributed by atoms with E-state index in [-0.39, 0.29) is 36.4 Å². The number of aliphatic hydroxyl groups is 1. The van der Waals surface area contributed by atoms with Crippen LogP contribution in [0, 0.1) is 0 Å². The van der Waals surface area contributed by atoms with Gasteiger partial charge in [0.25, 0.3) is 0 Å². The molecule has 2 heterocycles. The molecule has 0 radical (unpaired) electrons. The molecular formula is C17H17F5N4O5S. The first-order valence-electron chi connectivity index (χ1n) is 8.93. The monoisotopic (exact) mass is 484 g/mol. The maximum atomic E-state index is 14.0. The van der Waals surface area contributed by atoms with Crippen molar-refractivity contribution in [2.24, 2.45) is 5.14 Å². The van der Waals surface area contributed by atoms with Gasteiger partial charge in [0.2, 0.25) is 21.9 Å². The Morgan fingerprint density at radius 2 is 1.84 bits per heavy atom. The molecule has 15 heteroatoms. The number of alkyl halides is 5. The lowest BCUT2D eigenvalue weighted by molar-refractivity contribution is -0.290. The van der Waals surface area contributed by atoms with E-state index < -0.39 is 51.7 Å². The second-order valence-electron chi connectivity index (χ2n) is 6.77. The highest BCUT2D eigenvalue weighted by Gasteiger charge is 2.61. The van der Waals surface area contributed by atoms with Gasteiger partial charge in [-0.1, -0.05) is 0 Å². The number of hydrogen-bond acceptors (Lipinski definition) is 8. The molecule has 0 aliphatic carbocycles. The van der Waals surface area contributed by atoms with Gasteiger partial charge in [-0.05, 0) is 24.3 Å². The van der Waals surface area contributed by atoms with E-state index in [0.29, 0.717) is 0 Å². The van der Waals surface area contributed by atoms with Crippen LogP contribution < -0.4 is 15.2 Å². The summed E-state index contributed by atoms with van der Waals surface area (Å²) in [5.41, 5.74) is -1.44. The maximum Gasteiger partial charge on any atom is 0.458 e. The van der Waals surface area contributed by atoms with E-state index in [1.54, 1.807) is 0 Å². The fraction of sp³-hybridized carbons (Fsp3) is 0.412. The largest absolute Gasteiger partial charge is 0.471 e. The summed E-state index contributed by atoms with van der Waals surface area (Å²) in [7, 11) is -3.96. The number of benzene rings is 1. The van der Waals surface area contributed by atoms with Crippen LogP contribution in [-0.4, -0.2) is 55.1 Å². The average Bonchev–Trinajstić information content (AvgIpc) is 2.69. The molecule has 2 aromatic rings. The summed E-state index contributed by atoms with van der Waals surface area (Å²) in [5.74, 6) is -6.81. The SMILES string of the molecule is NS(=O)(=O)c1ccc(Nc2ncc(C(F)(F)C(F)(F)F)c(O[C@H]3CCOC[C@H]3O)n2)cc1. The number of nitrogens with one attached hydrogen (secondary N) is 1. The number of anilines is 2. The molecule has 2 atom stereocenters. The standard InChI is InChI=1S/C17H17F5N4O5S/c18-16(19,17(20,21)22)11-7-24-15(25-9-1-3-10(4-2-9)32(23,28)29)26-14(11)31-13-5-6-30-8-12(13)27/h1-4,7,12-13,27H,5-6,8H2,(H2,23,28,29)(H,24,25,26)/t12-,13+/m1/s1. The highest BCUT2D eigenvalue weighted by Crippen LogP contribution is 2.47. The summed E-state index contributed by atoms with van der Waals surface area (Å²) in [6.45, 7) is -0.0957. The quantitative estimate of drug-likeness (QED) is 0.530. The van der Waals surface area contributed by atoms with Crippen molar-refractivity contribution in [1.82, 2.24) is 9.97 Å². The number of nitrogens with zero attached hydrogens (tertiary/aromatic N) is 2. The molecule has 1 aromatic carbocycles. The van der Waals surface area contributed by atoms with Gasteiger partial charge in [-0.15, -0.1) is 0 Å². The number of ether oxygens (including phenoxy) is 2. The zero-order valence-electron chi connectivity index (χ0n) is 16.0. The van der Waals surface area contributed by atoms with Crippen LogP contribution in [0.25, 0.3) is 0 Å². The van der Waals surface area contributed by atoms with Gasteiger partial charge in [0.15, 0.2) is 0 Å². The van der Waals surface area contributed by atoms with Crippen LogP contribution in [0.1, 0.15) is 12.0 Å². The van der Waals surface area contributed by atoms with Crippen LogP contribution in [0.2, 0.25) is 0 Å². The Kier molecular flexibility index (Phi) is 6.55. The van der Waals surface area contributed by atoms with Crippen molar-refractivity contribution in [3.05, 3.63) is 36.0 Å². The Bertz CT molecular complexity index is 1070. The van der Waals surface area contributed by atoms with Crippen molar-refractivity contribution in [2.75, 3.05) is 18.5 Å². The van der Waals surface area contributed by atoms with Crippen molar-refractivity contribution in [3.8, 4) is 5.88 Å². The molecule has 4 N–H and O–H groups in total. The molecule has 0 unspecified atom stereocenters. The van der Waals surface area contributed by atoms with E-state index in [1.807, 2.05) is 0 Å². The van der Waals surface area contributed by atoms with Gasteiger partial charge in [-0.25, -0.2) is 18.5 Å². The first-order valence-corrected chi connectivity index (χ1v) is 10.5. The first kappa shape index (κ1) is 24.0. The third kappa shape index (κ3) is 5.23. The topological polar surface area (TPSA) is 137 Å². The number of hydrogen-bond donors (Lipinski definition) is 3. The lowest BCUT2D eigenvalue weighted by atomic mass is 10.1. The number of sulfonamides is 1. The Hall–Kier alpha value is -2.62. The lowest BCUT2D eigenvalue weighted by Gasteiger charge is -2.29. The van der Waals surface area contributed by atoms with Gasteiger partial charge in [0, 0.05) is 18.3 Å². The van der Waals surface area contributed by atoms with E-state index in [2.05, 4.69) is 15.3 Å². The number of rotatable bonds is 6. The Morgan fingerprint density at radius 3 is 2.41 bits per heavy atom. The fourth-order valence-corrected chi connectivity index (χ4v) is 3.24. The average molecular weight is 484 g/mol. The van der Waals surface area contributed by atoms with Crippen LogP contribution in [0.4, 0.5) is 33.6 Å². The molecule has 0 spiro atoms. The maximum absolute atomic E-state index is 14.0. The van der Waals surface area contributed by atoms with Gasteiger partial charge in [0.1, 0.15) is 17.8 Å². The van der Waals surface area contributed by atoms with Crippen molar-refractivity contribution >= 4 is 21.7 Å². The first-order chi connectivity index (χ1) is 14.8. The van der Waals surface area contributed by atoms with E-state index in [4.69, 9.17) is 14.6 Å². The molecule has 1 fully saturated rings. The molecule has 176 valence electrons. The molecule has 32 heavy (non-hydrogen) atoms. The molecule has 0 saturated carbocycles. The Labute approximate surface area is 178 Å². The summed E-state index contributed by atoms with van der Waals surface area (Å²) < 4.78 is 99.7. The van der Waals surface area contributed by atoms with E-state index in [1.165, 1.54) is 12.1 Å². The van der Waals surface area contributed by atoms with Crippen molar-refractivity contribution in [2.45, 2.75) is 35.6 Å². The third-order valence-electron chi connectivity index (χ3n) is 4.41. The van der Waals surface area contributed by atoms with E-state index in [9.17, 15) is 35.5 Å². The van der Waals surface area contributed by atoms with Crippen LogP contribution in [0.3, 0.4) is 0 Å². The molecule has 0 bridgehead atoms. The molecule has 0 amide bonds. The van der Waals surface area contributed by atoms with Gasteiger partial charge in [0.05, 0.1) is 18.1 Å².